The molecule has 2 N–H and O–H groups in total. The molecule has 0 radical (unpaired) electrons. The van der Waals surface area contributed by atoms with Gasteiger partial charge in [-0.3, -0.25) is 4.79 Å². The quantitative estimate of drug-likeness (QED) is 0.526. The van der Waals surface area contributed by atoms with Crippen molar-refractivity contribution in [2.45, 2.75) is 49.0 Å². The van der Waals surface area contributed by atoms with Crippen molar-refractivity contribution in [2.75, 3.05) is 38.1 Å². The summed E-state index contributed by atoms with van der Waals surface area (Å²) in [6.45, 7) is 3.47. The van der Waals surface area contributed by atoms with E-state index in [1.807, 2.05) is 0 Å². The molecule has 0 bridgehead atoms. The first-order valence-electron chi connectivity index (χ1n) is 12.9. The minimum Gasteiger partial charge on any atom is -0.482 e. The molecule has 3 aromatic rings. The number of likely N-dealkylation sites (tertiary alicyclic amines) is 1. The van der Waals surface area contributed by atoms with Crippen molar-refractivity contribution in [3.8, 4) is 5.75 Å². The molecule has 190 valence electrons. The molecule has 2 saturated heterocycles. The van der Waals surface area contributed by atoms with E-state index in [4.69, 9.17) is 4.74 Å². The molecule has 9 heteroatoms. The predicted molar refractivity (Wildman–Crippen MR) is 139 cm³/mol. The number of aromatic nitrogens is 1. The van der Waals surface area contributed by atoms with Crippen molar-refractivity contribution in [1.29, 1.82) is 0 Å². The number of fused-ring (bicyclic) bond motifs is 2. The van der Waals surface area contributed by atoms with Gasteiger partial charge in [-0.05, 0) is 87.5 Å². The molecule has 0 unspecified atom stereocenters. The molecule has 0 aliphatic carbocycles. The lowest BCUT2D eigenvalue weighted by Crippen LogP contribution is -2.40. The third-order valence-electron chi connectivity index (χ3n) is 7.94. The van der Waals surface area contributed by atoms with Crippen molar-refractivity contribution in [2.24, 2.45) is 0 Å². The van der Waals surface area contributed by atoms with Crippen LogP contribution in [0.3, 0.4) is 0 Å². The van der Waals surface area contributed by atoms with Gasteiger partial charge in [-0.25, -0.2) is 8.42 Å². The summed E-state index contributed by atoms with van der Waals surface area (Å²) >= 11 is 0. The third kappa shape index (κ3) is 4.40. The largest absolute Gasteiger partial charge is 0.482 e. The summed E-state index contributed by atoms with van der Waals surface area (Å²) in [5.74, 6) is 0.793. The number of piperidine rings is 1. The van der Waals surface area contributed by atoms with Crippen molar-refractivity contribution >= 4 is 32.5 Å². The lowest BCUT2D eigenvalue weighted by Gasteiger charge is -2.33. The van der Waals surface area contributed by atoms with E-state index in [0.29, 0.717) is 23.9 Å². The van der Waals surface area contributed by atoms with E-state index in [1.165, 1.54) is 22.5 Å². The topological polar surface area (TPSA) is 94.7 Å². The van der Waals surface area contributed by atoms with Crippen LogP contribution in [0.15, 0.2) is 53.6 Å². The Labute approximate surface area is 211 Å². The van der Waals surface area contributed by atoms with Gasteiger partial charge < -0.3 is 19.9 Å². The second-order valence-electron chi connectivity index (χ2n) is 10.1. The van der Waals surface area contributed by atoms with Crippen LogP contribution in [-0.4, -0.2) is 67.3 Å². The van der Waals surface area contributed by atoms with E-state index < -0.39 is 10.0 Å². The van der Waals surface area contributed by atoms with Gasteiger partial charge in [0.05, 0.1) is 10.6 Å². The average Bonchev–Trinajstić information content (AvgIpc) is 3.55. The Morgan fingerprint density at radius 2 is 1.86 bits per heavy atom. The molecule has 3 aliphatic rings. The maximum absolute atomic E-state index is 13.5. The van der Waals surface area contributed by atoms with Gasteiger partial charge in [0.25, 0.3) is 5.91 Å². The molecule has 8 nitrogen and oxygen atoms in total. The molecule has 0 spiro atoms. The highest BCUT2D eigenvalue weighted by molar-refractivity contribution is 7.89. The number of nitrogens with zero attached hydrogens (tertiary/aromatic N) is 2. The first-order chi connectivity index (χ1) is 17.5. The molecule has 0 saturated carbocycles. The summed E-state index contributed by atoms with van der Waals surface area (Å²) in [4.78, 5) is 17.8. The lowest BCUT2D eigenvalue weighted by molar-refractivity contribution is -0.118. The van der Waals surface area contributed by atoms with Crippen molar-refractivity contribution in [3.63, 3.8) is 0 Å². The van der Waals surface area contributed by atoms with Gasteiger partial charge in [-0.1, -0.05) is 18.2 Å². The highest BCUT2D eigenvalue weighted by Crippen LogP contribution is 2.35. The Morgan fingerprint density at radius 3 is 2.72 bits per heavy atom. The zero-order chi connectivity index (χ0) is 24.7. The minimum absolute atomic E-state index is 0.00298. The van der Waals surface area contributed by atoms with Crippen LogP contribution in [0.25, 0.3) is 10.9 Å². The maximum Gasteiger partial charge on any atom is 0.262 e. The van der Waals surface area contributed by atoms with Gasteiger partial charge in [0.1, 0.15) is 5.75 Å². The molecular weight excluding hydrogens is 476 g/mol. The SMILES string of the molecule is O=C1COc2ccc(S(=O)(=O)N3CCC[C@@H]3CCN3CCC(c4c[nH]c5ccccc45)CC3)cc2N1. The van der Waals surface area contributed by atoms with E-state index in [0.717, 1.165) is 51.7 Å². The number of para-hydroxylation sites is 1. The highest BCUT2D eigenvalue weighted by atomic mass is 32.2. The standard InChI is InChI=1S/C27H32N4O4S/c32-27-18-35-26-8-7-21(16-25(26)29-27)36(33,34)31-12-3-4-20(31)11-15-30-13-9-19(10-14-30)23-17-28-24-6-2-1-5-22(23)24/h1-2,5-8,16-17,19-20,28H,3-4,9-15,18H2,(H,29,32)/t20-/m1/s1. The fourth-order valence-corrected chi connectivity index (χ4v) is 7.75. The van der Waals surface area contributed by atoms with E-state index in [2.05, 4.69) is 45.7 Å². The molecule has 1 aromatic heterocycles. The van der Waals surface area contributed by atoms with Crippen LogP contribution in [0.4, 0.5) is 5.69 Å². The fraction of sp³-hybridized carbons (Fsp3) is 0.444. The number of carbonyl (C=O) groups excluding carboxylic acids is 1. The number of carbonyl (C=O) groups is 1. The lowest BCUT2D eigenvalue weighted by atomic mass is 9.89. The van der Waals surface area contributed by atoms with Crippen molar-refractivity contribution in [3.05, 3.63) is 54.2 Å². The third-order valence-corrected chi connectivity index (χ3v) is 9.89. The average molecular weight is 509 g/mol. The zero-order valence-corrected chi connectivity index (χ0v) is 21.1. The number of nitrogens with one attached hydrogen (secondary N) is 2. The number of sulfonamides is 1. The number of benzene rings is 2. The van der Waals surface area contributed by atoms with Crippen molar-refractivity contribution in [1.82, 2.24) is 14.2 Å². The highest BCUT2D eigenvalue weighted by Gasteiger charge is 2.36. The summed E-state index contributed by atoms with van der Waals surface area (Å²) in [5, 5.41) is 4.04. The van der Waals surface area contributed by atoms with E-state index in [1.54, 1.807) is 16.4 Å². The van der Waals surface area contributed by atoms with Gasteiger partial charge in [0.2, 0.25) is 10.0 Å². The Bertz CT molecular complexity index is 1380. The maximum atomic E-state index is 13.5. The second kappa shape index (κ2) is 9.53. The molecule has 1 amide bonds. The Morgan fingerprint density at radius 1 is 1.03 bits per heavy atom. The normalized spacial score (nSPS) is 21.9. The van der Waals surface area contributed by atoms with Gasteiger partial charge in [-0.15, -0.1) is 0 Å². The summed E-state index contributed by atoms with van der Waals surface area (Å²) in [6, 6.07) is 13.2. The molecule has 4 heterocycles. The number of H-pyrrole nitrogens is 1. The number of hydrogen-bond donors (Lipinski definition) is 2. The number of amides is 1. The molecule has 6 rings (SSSR count). The van der Waals surface area contributed by atoms with Crippen LogP contribution in [0, 0.1) is 0 Å². The number of rotatable bonds is 6. The zero-order valence-electron chi connectivity index (χ0n) is 20.3. The van der Waals surface area contributed by atoms with Gasteiger partial charge >= 0.3 is 0 Å². The molecule has 1 atom stereocenters. The van der Waals surface area contributed by atoms with Gasteiger partial charge in [0.15, 0.2) is 6.61 Å². The number of aromatic amines is 1. The monoisotopic (exact) mass is 508 g/mol. The van der Waals surface area contributed by atoms with Crippen LogP contribution in [0.5, 0.6) is 5.75 Å². The minimum atomic E-state index is -3.65. The first-order valence-corrected chi connectivity index (χ1v) is 14.3. The Balaban J connectivity index is 1.08. The second-order valence-corrected chi connectivity index (χ2v) is 12.0. The molecule has 3 aliphatic heterocycles. The van der Waals surface area contributed by atoms with Crippen LogP contribution in [0.2, 0.25) is 0 Å². The van der Waals surface area contributed by atoms with Crippen LogP contribution >= 0.6 is 0 Å². The smallest absolute Gasteiger partial charge is 0.262 e. The number of hydrogen-bond acceptors (Lipinski definition) is 5. The number of anilines is 1. The van der Waals surface area contributed by atoms with Gasteiger partial charge in [-0.2, -0.15) is 4.31 Å². The van der Waals surface area contributed by atoms with Crippen LogP contribution < -0.4 is 10.1 Å². The van der Waals surface area contributed by atoms with E-state index in [9.17, 15) is 13.2 Å². The first kappa shape index (κ1) is 23.5. The summed E-state index contributed by atoms with van der Waals surface area (Å²) in [7, 11) is -3.65. The molecular formula is C27H32N4O4S. The van der Waals surface area contributed by atoms with Crippen LogP contribution in [-0.2, 0) is 14.8 Å². The molecule has 2 fully saturated rings. The fourth-order valence-electron chi connectivity index (χ4n) is 6.00. The summed E-state index contributed by atoms with van der Waals surface area (Å²) < 4.78 is 34.0. The predicted octanol–water partition coefficient (Wildman–Crippen LogP) is 3.92. The summed E-state index contributed by atoms with van der Waals surface area (Å²) in [5.41, 5.74) is 3.04. The van der Waals surface area contributed by atoms with Crippen molar-refractivity contribution < 1.29 is 17.9 Å². The number of ether oxygens (including phenoxy) is 1. The molecule has 36 heavy (non-hydrogen) atoms. The van der Waals surface area contributed by atoms with Crippen LogP contribution in [0.1, 0.15) is 43.6 Å². The van der Waals surface area contributed by atoms with E-state index >= 15 is 0 Å². The van der Waals surface area contributed by atoms with E-state index in [-0.39, 0.29) is 23.5 Å². The summed E-state index contributed by atoms with van der Waals surface area (Å²) in [6.07, 6.45) is 7.01. The molecule has 2 aromatic carbocycles. The Kier molecular flexibility index (Phi) is 6.23. The van der Waals surface area contributed by atoms with Gasteiger partial charge in [0, 0.05) is 29.7 Å². The Hall–Kier alpha value is -2.88.